The zero-order valence-electron chi connectivity index (χ0n) is 15.5. The largest absolute Gasteiger partial charge is 0.475 e. The number of hydrogen-bond acceptors (Lipinski definition) is 6. The lowest BCUT2D eigenvalue weighted by Crippen LogP contribution is -2.54. The first-order valence-electron chi connectivity index (χ1n) is 8.86. The van der Waals surface area contributed by atoms with E-state index in [1.165, 1.54) is 30.3 Å². The van der Waals surface area contributed by atoms with Gasteiger partial charge in [-0.2, -0.15) is 0 Å². The van der Waals surface area contributed by atoms with Gasteiger partial charge in [0.2, 0.25) is 0 Å². The maximum Gasteiger partial charge on any atom is 0.453 e. The van der Waals surface area contributed by atoms with E-state index in [2.05, 4.69) is 5.32 Å². The van der Waals surface area contributed by atoms with E-state index in [9.17, 15) is 19.1 Å². The molecule has 1 aliphatic heterocycles. The molecule has 0 aromatic heterocycles. The summed E-state index contributed by atoms with van der Waals surface area (Å²) in [6.07, 6.45) is -0.392. The number of halogens is 1. The van der Waals surface area contributed by atoms with Gasteiger partial charge in [-0.1, -0.05) is 18.2 Å². The minimum Gasteiger partial charge on any atom is -0.475 e. The van der Waals surface area contributed by atoms with Crippen LogP contribution < -0.4 is 14.8 Å². The first-order valence-corrected chi connectivity index (χ1v) is 8.86. The van der Waals surface area contributed by atoms with Gasteiger partial charge >= 0.3 is 17.7 Å². The first kappa shape index (κ1) is 20.6. The van der Waals surface area contributed by atoms with Crippen LogP contribution in [0.3, 0.4) is 0 Å². The molecule has 2 unspecified atom stereocenters. The molecule has 0 amide bonds. The Labute approximate surface area is 165 Å². The van der Waals surface area contributed by atoms with E-state index in [1.807, 2.05) is 6.92 Å². The SMILES string of the molecule is CC(Cc1ccc2c(c1)OC(C(=O)O)(C(=O)O)O2)NCC(O)c1cccc(F)c1. The predicted molar refractivity (Wildman–Crippen MR) is 98.2 cm³/mol. The van der Waals surface area contributed by atoms with Crippen LogP contribution in [0.4, 0.5) is 4.39 Å². The second-order valence-corrected chi connectivity index (χ2v) is 6.80. The number of benzene rings is 2. The zero-order valence-corrected chi connectivity index (χ0v) is 15.5. The summed E-state index contributed by atoms with van der Waals surface area (Å²) in [7, 11) is 0. The van der Waals surface area contributed by atoms with Gasteiger partial charge in [0.25, 0.3) is 0 Å². The van der Waals surface area contributed by atoms with Crippen LogP contribution in [0, 0.1) is 5.82 Å². The molecule has 9 heteroatoms. The Kier molecular flexibility index (Phi) is 5.71. The molecule has 4 N–H and O–H groups in total. The van der Waals surface area contributed by atoms with Crippen LogP contribution in [0.15, 0.2) is 42.5 Å². The summed E-state index contributed by atoms with van der Waals surface area (Å²) in [6.45, 7) is 2.08. The summed E-state index contributed by atoms with van der Waals surface area (Å²) in [5.41, 5.74) is 1.21. The van der Waals surface area contributed by atoms with Crippen molar-refractivity contribution >= 4 is 11.9 Å². The standard InChI is InChI=1S/C20H20FNO7/c1-11(22-10-15(23)13-3-2-4-14(21)9-13)7-12-5-6-16-17(8-12)29-20(28-16,18(24)25)19(26)27/h2-6,8-9,11,15,22-23H,7,10H2,1H3,(H,24,25)(H,26,27). The zero-order chi connectivity index (χ0) is 21.2. The van der Waals surface area contributed by atoms with E-state index in [0.717, 1.165) is 5.56 Å². The number of rotatable bonds is 8. The third-order valence-corrected chi connectivity index (χ3v) is 4.51. The lowest BCUT2D eigenvalue weighted by molar-refractivity contribution is -0.194. The number of carboxylic acids is 2. The smallest absolute Gasteiger partial charge is 0.453 e. The van der Waals surface area contributed by atoms with Crippen molar-refractivity contribution in [2.24, 2.45) is 0 Å². The van der Waals surface area contributed by atoms with Crippen LogP contribution in [0.1, 0.15) is 24.2 Å². The summed E-state index contributed by atoms with van der Waals surface area (Å²) >= 11 is 0. The fraction of sp³-hybridized carbons (Fsp3) is 0.300. The molecule has 2 atom stereocenters. The molecule has 8 nitrogen and oxygen atoms in total. The molecule has 0 fully saturated rings. The Morgan fingerprint density at radius 2 is 1.79 bits per heavy atom. The van der Waals surface area contributed by atoms with Crippen molar-refractivity contribution < 1.29 is 38.8 Å². The molecular formula is C20H20FNO7. The normalized spacial score (nSPS) is 16.2. The highest BCUT2D eigenvalue weighted by molar-refractivity contribution is 6.01. The van der Waals surface area contributed by atoms with Crippen LogP contribution in [-0.4, -0.2) is 45.6 Å². The Bertz CT molecular complexity index is 919. The molecule has 29 heavy (non-hydrogen) atoms. The molecule has 0 aliphatic carbocycles. The van der Waals surface area contributed by atoms with Gasteiger partial charge < -0.3 is 30.1 Å². The highest BCUT2D eigenvalue weighted by Crippen LogP contribution is 2.40. The number of nitrogens with one attached hydrogen (secondary N) is 1. The van der Waals surface area contributed by atoms with Gasteiger partial charge in [0.1, 0.15) is 5.82 Å². The molecule has 1 aliphatic rings. The number of aliphatic carboxylic acids is 2. The average molecular weight is 405 g/mol. The number of fused-ring (bicyclic) bond motifs is 1. The highest BCUT2D eigenvalue weighted by atomic mass is 19.1. The van der Waals surface area contributed by atoms with Crippen LogP contribution >= 0.6 is 0 Å². The van der Waals surface area contributed by atoms with Crippen LogP contribution in [-0.2, 0) is 16.0 Å². The van der Waals surface area contributed by atoms with Gasteiger partial charge in [-0.25, -0.2) is 14.0 Å². The first-order chi connectivity index (χ1) is 13.7. The molecule has 0 saturated heterocycles. The van der Waals surface area contributed by atoms with Crippen LogP contribution in [0.25, 0.3) is 0 Å². The minimum absolute atomic E-state index is 0.0271. The molecule has 0 bridgehead atoms. The third-order valence-electron chi connectivity index (χ3n) is 4.51. The topological polar surface area (TPSA) is 125 Å². The van der Waals surface area contributed by atoms with E-state index < -0.39 is 29.6 Å². The summed E-state index contributed by atoms with van der Waals surface area (Å²) in [5.74, 6) is -6.68. The molecule has 2 aromatic rings. The van der Waals surface area contributed by atoms with Crippen molar-refractivity contribution in [1.82, 2.24) is 5.32 Å². The number of carboxylic acid groups (broad SMARTS) is 2. The van der Waals surface area contributed by atoms with Gasteiger partial charge in [-0.3, -0.25) is 0 Å². The molecule has 0 spiro atoms. The molecule has 0 radical (unpaired) electrons. The van der Waals surface area contributed by atoms with Crippen molar-refractivity contribution in [3.05, 3.63) is 59.4 Å². The molecular weight excluding hydrogens is 385 g/mol. The van der Waals surface area contributed by atoms with Crippen LogP contribution in [0.5, 0.6) is 11.5 Å². The van der Waals surface area contributed by atoms with Crippen molar-refractivity contribution in [3.8, 4) is 11.5 Å². The molecule has 2 aromatic carbocycles. The number of hydrogen-bond donors (Lipinski definition) is 4. The quantitative estimate of drug-likeness (QED) is 0.489. The minimum atomic E-state index is -2.79. The molecule has 154 valence electrons. The van der Waals surface area contributed by atoms with E-state index in [0.29, 0.717) is 12.0 Å². The fourth-order valence-electron chi connectivity index (χ4n) is 3.01. The second-order valence-electron chi connectivity index (χ2n) is 6.80. The number of carbonyl (C=O) groups is 2. The van der Waals surface area contributed by atoms with Crippen molar-refractivity contribution in [2.45, 2.75) is 31.3 Å². The summed E-state index contributed by atoms with van der Waals surface area (Å²) < 4.78 is 23.4. The summed E-state index contributed by atoms with van der Waals surface area (Å²) in [4.78, 5) is 22.6. The summed E-state index contributed by atoms with van der Waals surface area (Å²) in [6, 6.07) is 10.3. The fourth-order valence-corrected chi connectivity index (χ4v) is 3.01. The Balaban J connectivity index is 1.61. The van der Waals surface area contributed by atoms with E-state index in [1.54, 1.807) is 12.1 Å². The van der Waals surface area contributed by atoms with Crippen LogP contribution in [0.2, 0.25) is 0 Å². The number of aliphatic hydroxyl groups is 1. The Morgan fingerprint density at radius 1 is 1.10 bits per heavy atom. The van der Waals surface area contributed by atoms with Gasteiger partial charge in [0, 0.05) is 12.6 Å². The maximum atomic E-state index is 13.3. The lowest BCUT2D eigenvalue weighted by Gasteiger charge is -2.18. The lowest BCUT2D eigenvalue weighted by atomic mass is 10.1. The van der Waals surface area contributed by atoms with Crippen molar-refractivity contribution in [2.75, 3.05) is 6.54 Å². The predicted octanol–water partition coefficient (Wildman–Crippen LogP) is 1.72. The Hall–Kier alpha value is -3.17. The molecule has 0 saturated carbocycles. The number of ether oxygens (including phenoxy) is 2. The van der Waals surface area contributed by atoms with Gasteiger partial charge in [0.05, 0.1) is 6.10 Å². The molecule has 1 heterocycles. The van der Waals surface area contributed by atoms with Gasteiger partial charge in [0.15, 0.2) is 11.5 Å². The monoisotopic (exact) mass is 405 g/mol. The van der Waals surface area contributed by atoms with E-state index in [4.69, 9.17) is 19.7 Å². The van der Waals surface area contributed by atoms with Crippen molar-refractivity contribution in [3.63, 3.8) is 0 Å². The van der Waals surface area contributed by atoms with Gasteiger partial charge in [-0.15, -0.1) is 0 Å². The van der Waals surface area contributed by atoms with E-state index in [-0.39, 0.29) is 24.1 Å². The average Bonchev–Trinajstić information content (AvgIpc) is 3.06. The van der Waals surface area contributed by atoms with Gasteiger partial charge in [-0.05, 0) is 48.7 Å². The highest BCUT2D eigenvalue weighted by Gasteiger charge is 2.57. The Morgan fingerprint density at radius 3 is 2.45 bits per heavy atom. The molecule has 3 rings (SSSR count). The van der Waals surface area contributed by atoms with E-state index >= 15 is 0 Å². The number of aliphatic hydroxyl groups excluding tert-OH is 1. The maximum absolute atomic E-state index is 13.3. The van der Waals surface area contributed by atoms with Crippen molar-refractivity contribution in [1.29, 1.82) is 0 Å². The third kappa shape index (κ3) is 4.30. The second kappa shape index (κ2) is 8.06. The summed E-state index contributed by atoms with van der Waals surface area (Å²) in [5, 5.41) is 31.6.